The van der Waals surface area contributed by atoms with Gasteiger partial charge in [-0.05, 0) is 62.6 Å². The maximum Gasteiger partial charge on any atom is 0.296 e. The van der Waals surface area contributed by atoms with E-state index < -0.39 is 15.0 Å². The lowest BCUT2D eigenvalue weighted by molar-refractivity contribution is -0.384. The van der Waals surface area contributed by atoms with Crippen molar-refractivity contribution in [3.05, 3.63) is 92.5 Å². The van der Waals surface area contributed by atoms with Crippen molar-refractivity contribution in [2.45, 2.75) is 37.2 Å². The van der Waals surface area contributed by atoms with Gasteiger partial charge >= 0.3 is 0 Å². The minimum Gasteiger partial charge on any atom is -0.496 e. The van der Waals surface area contributed by atoms with Crippen molar-refractivity contribution in [1.29, 1.82) is 0 Å². The van der Waals surface area contributed by atoms with E-state index in [2.05, 4.69) is 0 Å². The SMILES string of the molecule is COc1cc([N+](=O)[O-])ccc1C(=O)N1CCCC(OCCCOS(=O)(=O)c2ccc(C)cc2)c2cc(Cl)ccc21. The first-order chi connectivity index (χ1) is 19.1. The number of carbonyl (C=O) groups is 1. The molecule has 12 heteroatoms. The third-order valence-corrected chi connectivity index (χ3v) is 8.06. The lowest BCUT2D eigenvalue weighted by Gasteiger charge is -2.25. The fourth-order valence-electron chi connectivity index (χ4n) is 4.47. The summed E-state index contributed by atoms with van der Waals surface area (Å²) in [6, 6.07) is 15.5. The second kappa shape index (κ2) is 12.8. The monoisotopic (exact) mass is 588 g/mol. The zero-order valence-electron chi connectivity index (χ0n) is 22.0. The maximum absolute atomic E-state index is 13.6. The lowest BCUT2D eigenvalue weighted by atomic mass is 10.0. The summed E-state index contributed by atoms with van der Waals surface area (Å²) < 4.78 is 41.4. The van der Waals surface area contributed by atoms with Crippen LogP contribution in [0, 0.1) is 17.0 Å². The Bertz CT molecular complexity index is 1490. The van der Waals surface area contributed by atoms with E-state index in [1.165, 1.54) is 37.4 Å². The number of rotatable bonds is 10. The van der Waals surface area contributed by atoms with E-state index in [1.807, 2.05) is 6.92 Å². The van der Waals surface area contributed by atoms with Crippen molar-refractivity contribution in [1.82, 2.24) is 0 Å². The lowest BCUT2D eigenvalue weighted by Crippen LogP contribution is -2.32. The first-order valence-corrected chi connectivity index (χ1v) is 14.4. The van der Waals surface area contributed by atoms with Crippen molar-refractivity contribution in [2.75, 3.05) is 31.8 Å². The summed E-state index contributed by atoms with van der Waals surface area (Å²) >= 11 is 6.31. The number of aryl methyl sites for hydroxylation is 1. The predicted octanol–water partition coefficient (Wildman–Crippen LogP) is 5.86. The van der Waals surface area contributed by atoms with Crippen LogP contribution in [0.15, 0.2) is 65.6 Å². The number of amides is 1. The number of halogens is 1. The van der Waals surface area contributed by atoms with Crippen LogP contribution in [0.5, 0.6) is 5.75 Å². The van der Waals surface area contributed by atoms with Gasteiger partial charge in [0, 0.05) is 35.5 Å². The van der Waals surface area contributed by atoms with Crippen LogP contribution < -0.4 is 9.64 Å². The number of nitro benzene ring substituents is 1. The van der Waals surface area contributed by atoms with Crippen LogP contribution in [0.3, 0.4) is 0 Å². The van der Waals surface area contributed by atoms with E-state index in [0.29, 0.717) is 42.1 Å². The minimum absolute atomic E-state index is 0.0458. The molecule has 0 radical (unpaired) electrons. The number of anilines is 1. The average molecular weight is 589 g/mol. The molecule has 0 spiro atoms. The molecule has 40 heavy (non-hydrogen) atoms. The molecule has 1 heterocycles. The van der Waals surface area contributed by atoms with E-state index in [4.69, 9.17) is 25.3 Å². The molecule has 10 nitrogen and oxygen atoms in total. The number of ether oxygens (including phenoxy) is 2. The predicted molar refractivity (Wildman–Crippen MR) is 150 cm³/mol. The standard InChI is InChI=1S/C28H29ClN2O8S/c1-19-6-10-22(11-7-19)40(35,36)39-16-4-15-38-26-5-3-14-30(25-13-8-20(29)17-24(25)26)28(32)23-12-9-21(31(33)34)18-27(23)37-2/h6-13,17-18,26H,3-5,14-16H2,1-2H3. The molecule has 3 aromatic carbocycles. The second-order valence-electron chi connectivity index (χ2n) is 9.25. The molecular weight excluding hydrogens is 560 g/mol. The van der Waals surface area contributed by atoms with Gasteiger partial charge in [-0.1, -0.05) is 29.3 Å². The Kier molecular flexibility index (Phi) is 9.41. The van der Waals surface area contributed by atoms with Crippen molar-refractivity contribution in [3.63, 3.8) is 0 Å². The molecule has 0 bridgehead atoms. The number of methoxy groups -OCH3 is 1. The van der Waals surface area contributed by atoms with Gasteiger partial charge in [-0.3, -0.25) is 19.1 Å². The Morgan fingerprint density at radius 1 is 1.10 bits per heavy atom. The Morgan fingerprint density at radius 2 is 1.85 bits per heavy atom. The number of hydrogen-bond acceptors (Lipinski definition) is 8. The second-order valence-corrected chi connectivity index (χ2v) is 11.3. The van der Waals surface area contributed by atoms with Gasteiger partial charge in [0.1, 0.15) is 5.75 Å². The molecule has 0 N–H and O–H groups in total. The molecule has 4 rings (SSSR count). The third-order valence-electron chi connectivity index (χ3n) is 6.50. The summed E-state index contributed by atoms with van der Waals surface area (Å²) in [5.74, 6) is -0.266. The Balaban J connectivity index is 1.46. The number of non-ortho nitro benzene ring substituents is 1. The van der Waals surface area contributed by atoms with E-state index in [0.717, 1.165) is 5.56 Å². The summed E-state index contributed by atoms with van der Waals surface area (Å²) in [4.78, 5) is 25.9. The highest BCUT2D eigenvalue weighted by Crippen LogP contribution is 2.38. The number of fused-ring (bicyclic) bond motifs is 1. The van der Waals surface area contributed by atoms with E-state index >= 15 is 0 Å². The van der Waals surface area contributed by atoms with Gasteiger partial charge in [-0.15, -0.1) is 0 Å². The van der Waals surface area contributed by atoms with Crippen LogP contribution in [0.4, 0.5) is 11.4 Å². The van der Waals surface area contributed by atoms with Gasteiger partial charge in [0.25, 0.3) is 21.7 Å². The van der Waals surface area contributed by atoms with E-state index in [-0.39, 0.29) is 47.1 Å². The Morgan fingerprint density at radius 3 is 2.55 bits per heavy atom. The number of benzene rings is 3. The van der Waals surface area contributed by atoms with Crippen LogP contribution >= 0.6 is 11.6 Å². The molecule has 1 aliphatic heterocycles. The molecule has 212 valence electrons. The average Bonchev–Trinajstić information content (AvgIpc) is 3.11. The molecule has 0 aromatic heterocycles. The summed E-state index contributed by atoms with van der Waals surface area (Å²) in [6.45, 7) is 2.43. The number of nitrogens with zero attached hydrogens (tertiary/aromatic N) is 2. The quantitative estimate of drug-likeness (QED) is 0.125. The van der Waals surface area contributed by atoms with Crippen LogP contribution in [0.2, 0.25) is 5.02 Å². The number of carbonyl (C=O) groups excluding carboxylic acids is 1. The van der Waals surface area contributed by atoms with Gasteiger partial charge in [0.2, 0.25) is 0 Å². The molecule has 0 saturated heterocycles. The van der Waals surface area contributed by atoms with E-state index in [9.17, 15) is 23.3 Å². The maximum atomic E-state index is 13.6. The summed E-state index contributed by atoms with van der Waals surface area (Å²) in [7, 11) is -2.51. The first-order valence-electron chi connectivity index (χ1n) is 12.6. The smallest absolute Gasteiger partial charge is 0.296 e. The van der Waals surface area contributed by atoms with Crippen LogP contribution in [-0.2, 0) is 19.0 Å². The van der Waals surface area contributed by atoms with Gasteiger partial charge < -0.3 is 14.4 Å². The molecule has 0 fully saturated rings. The largest absolute Gasteiger partial charge is 0.496 e. The van der Waals surface area contributed by atoms with Gasteiger partial charge in [-0.2, -0.15) is 8.42 Å². The molecule has 1 amide bonds. The molecule has 3 aromatic rings. The molecule has 1 unspecified atom stereocenters. The summed E-state index contributed by atoms with van der Waals surface area (Å²) in [5.41, 5.74) is 2.28. The van der Waals surface area contributed by atoms with Gasteiger partial charge in [0.15, 0.2) is 0 Å². The minimum atomic E-state index is -3.86. The Hall–Kier alpha value is -3.51. The van der Waals surface area contributed by atoms with Crippen molar-refractivity contribution in [3.8, 4) is 5.75 Å². The van der Waals surface area contributed by atoms with Crippen LogP contribution in [0.25, 0.3) is 0 Å². The zero-order chi connectivity index (χ0) is 28.9. The molecule has 0 aliphatic carbocycles. The van der Waals surface area contributed by atoms with Crippen molar-refractivity contribution >= 4 is 39.0 Å². The van der Waals surface area contributed by atoms with Crippen LogP contribution in [-0.4, -0.2) is 46.1 Å². The molecule has 1 aliphatic rings. The van der Waals surface area contributed by atoms with Gasteiger partial charge in [0.05, 0.1) is 41.3 Å². The first kappa shape index (κ1) is 29.5. The number of hydrogen-bond donors (Lipinski definition) is 0. The number of nitro groups is 1. The fourth-order valence-corrected chi connectivity index (χ4v) is 5.59. The summed E-state index contributed by atoms with van der Waals surface area (Å²) in [6.07, 6.45) is 1.15. The fraction of sp³-hybridized carbons (Fsp3) is 0.321. The summed E-state index contributed by atoms with van der Waals surface area (Å²) in [5, 5.41) is 11.6. The van der Waals surface area contributed by atoms with Gasteiger partial charge in [-0.25, -0.2) is 0 Å². The van der Waals surface area contributed by atoms with E-state index in [1.54, 1.807) is 35.2 Å². The van der Waals surface area contributed by atoms with Crippen LogP contribution in [0.1, 0.15) is 46.9 Å². The highest BCUT2D eigenvalue weighted by Gasteiger charge is 2.30. The highest BCUT2D eigenvalue weighted by atomic mass is 35.5. The Labute approximate surface area is 237 Å². The topological polar surface area (TPSA) is 125 Å². The third kappa shape index (κ3) is 6.79. The zero-order valence-corrected chi connectivity index (χ0v) is 23.6. The molecule has 0 saturated carbocycles. The highest BCUT2D eigenvalue weighted by molar-refractivity contribution is 7.86. The molecule has 1 atom stereocenters. The van der Waals surface area contributed by atoms with Crippen molar-refractivity contribution in [2.24, 2.45) is 0 Å². The molecular formula is C28H29ClN2O8S. The normalized spacial score (nSPS) is 15.3. The van der Waals surface area contributed by atoms with Crippen molar-refractivity contribution < 1.29 is 31.8 Å².